The van der Waals surface area contributed by atoms with Crippen LogP contribution in [0.2, 0.25) is 0 Å². The number of fused-ring (bicyclic) bond motifs is 1. The zero-order valence-corrected chi connectivity index (χ0v) is 12.0. The lowest BCUT2D eigenvalue weighted by Gasteiger charge is -2.16. The molecule has 6 nitrogen and oxygen atoms in total. The van der Waals surface area contributed by atoms with Gasteiger partial charge in [-0.3, -0.25) is 14.7 Å². The SMILES string of the molecule is COCCN1C(=O)Cc2c(C)nc(-c3ccncc3)nc21. The predicted octanol–water partition coefficient (Wildman–Crippen LogP) is 1.38. The minimum absolute atomic E-state index is 0.0475. The third-order valence-corrected chi connectivity index (χ3v) is 3.53. The second-order valence-electron chi connectivity index (χ2n) is 4.89. The number of hydrogen-bond acceptors (Lipinski definition) is 5. The van der Waals surface area contributed by atoms with E-state index in [2.05, 4.69) is 15.0 Å². The zero-order valence-electron chi connectivity index (χ0n) is 12.0. The molecule has 0 aromatic carbocycles. The number of aromatic nitrogens is 3. The first-order valence-electron chi connectivity index (χ1n) is 6.78. The van der Waals surface area contributed by atoms with Crippen LogP contribution in [0.4, 0.5) is 5.82 Å². The zero-order chi connectivity index (χ0) is 14.8. The Morgan fingerprint density at radius 1 is 1.29 bits per heavy atom. The van der Waals surface area contributed by atoms with Gasteiger partial charge >= 0.3 is 0 Å². The molecule has 1 aliphatic heterocycles. The molecule has 0 unspecified atom stereocenters. The average molecular weight is 284 g/mol. The molecular weight excluding hydrogens is 268 g/mol. The third kappa shape index (κ3) is 2.50. The summed E-state index contributed by atoms with van der Waals surface area (Å²) in [6.07, 6.45) is 3.77. The number of ether oxygens (including phenoxy) is 1. The average Bonchev–Trinajstić information content (AvgIpc) is 2.82. The Kier molecular flexibility index (Phi) is 3.62. The van der Waals surface area contributed by atoms with E-state index in [4.69, 9.17) is 4.74 Å². The molecule has 1 aliphatic rings. The molecule has 0 saturated heterocycles. The van der Waals surface area contributed by atoms with Crippen LogP contribution < -0.4 is 4.90 Å². The molecule has 0 N–H and O–H groups in total. The Hall–Kier alpha value is -2.34. The van der Waals surface area contributed by atoms with Gasteiger partial charge in [0.1, 0.15) is 5.82 Å². The highest BCUT2D eigenvalue weighted by molar-refractivity contribution is 6.00. The fourth-order valence-electron chi connectivity index (χ4n) is 2.42. The van der Waals surface area contributed by atoms with Crippen molar-refractivity contribution in [2.24, 2.45) is 0 Å². The van der Waals surface area contributed by atoms with Gasteiger partial charge < -0.3 is 4.74 Å². The van der Waals surface area contributed by atoms with Crippen molar-refractivity contribution < 1.29 is 9.53 Å². The van der Waals surface area contributed by atoms with E-state index < -0.39 is 0 Å². The molecule has 108 valence electrons. The van der Waals surface area contributed by atoms with Gasteiger partial charge in [-0.2, -0.15) is 0 Å². The number of pyridine rings is 1. The molecular formula is C15H16N4O2. The quantitative estimate of drug-likeness (QED) is 0.848. The first-order valence-corrected chi connectivity index (χ1v) is 6.78. The van der Waals surface area contributed by atoms with Gasteiger partial charge in [0.2, 0.25) is 5.91 Å². The van der Waals surface area contributed by atoms with Crippen molar-refractivity contribution in [3.05, 3.63) is 35.8 Å². The summed E-state index contributed by atoms with van der Waals surface area (Å²) in [5.74, 6) is 1.37. The lowest BCUT2D eigenvalue weighted by atomic mass is 10.2. The molecule has 0 spiro atoms. The maximum atomic E-state index is 12.1. The van der Waals surface area contributed by atoms with E-state index in [1.165, 1.54) is 0 Å². The van der Waals surface area contributed by atoms with Gasteiger partial charge in [0, 0.05) is 36.3 Å². The summed E-state index contributed by atoms with van der Waals surface area (Å²) >= 11 is 0. The van der Waals surface area contributed by atoms with Crippen LogP contribution in [-0.2, 0) is 16.0 Å². The second kappa shape index (κ2) is 5.57. The number of rotatable bonds is 4. The summed E-state index contributed by atoms with van der Waals surface area (Å²) in [6, 6.07) is 3.72. The molecule has 0 fully saturated rings. The van der Waals surface area contributed by atoms with Crippen molar-refractivity contribution in [1.82, 2.24) is 15.0 Å². The summed E-state index contributed by atoms with van der Waals surface area (Å²) in [7, 11) is 1.62. The molecule has 21 heavy (non-hydrogen) atoms. The molecule has 3 heterocycles. The Morgan fingerprint density at radius 3 is 2.76 bits per heavy atom. The number of carbonyl (C=O) groups excluding carboxylic acids is 1. The maximum Gasteiger partial charge on any atom is 0.232 e. The van der Waals surface area contributed by atoms with Crippen LogP contribution in [0.15, 0.2) is 24.5 Å². The van der Waals surface area contributed by atoms with Crippen LogP contribution in [0.5, 0.6) is 0 Å². The third-order valence-electron chi connectivity index (χ3n) is 3.53. The summed E-state index contributed by atoms with van der Waals surface area (Å²) in [6.45, 7) is 2.91. The smallest absolute Gasteiger partial charge is 0.232 e. The van der Waals surface area contributed by atoms with Crippen LogP contribution in [0.25, 0.3) is 11.4 Å². The maximum absolute atomic E-state index is 12.1. The molecule has 6 heteroatoms. The molecule has 0 bridgehead atoms. The van der Waals surface area contributed by atoms with Gasteiger partial charge in [0.25, 0.3) is 0 Å². The molecule has 2 aromatic heterocycles. The number of amides is 1. The predicted molar refractivity (Wildman–Crippen MR) is 77.9 cm³/mol. The van der Waals surface area contributed by atoms with Gasteiger partial charge in [-0.25, -0.2) is 9.97 Å². The van der Waals surface area contributed by atoms with Gasteiger partial charge in [0.05, 0.1) is 19.6 Å². The monoisotopic (exact) mass is 284 g/mol. The van der Waals surface area contributed by atoms with Crippen molar-refractivity contribution in [2.45, 2.75) is 13.3 Å². The van der Waals surface area contributed by atoms with Crippen LogP contribution in [-0.4, -0.2) is 41.1 Å². The first-order chi connectivity index (χ1) is 10.2. The molecule has 2 aromatic rings. The largest absolute Gasteiger partial charge is 0.383 e. The Labute approximate surface area is 122 Å². The van der Waals surface area contributed by atoms with Gasteiger partial charge in [-0.15, -0.1) is 0 Å². The van der Waals surface area contributed by atoms with E-state index in [0.717, 1.165) is 16.8 Å². The van der Waals surface area contributed by atoms with E-state index in [1.807, 2.05) is 19.1 Å². The number of nitrogens with zero attached hydrogens (tertiary/aromatic N) is 4. The fraction of sp³-hybridized carbons (Fsp3) is 0.333. The van der Waals surface area contributed by atoms with Crippen molar-refractivity contribution in [1.29, 1.82) is 0 Å². The summed E-state index contributed by atoms with van der Waals surface area (Å²) < 4.78 is 5.07. The van der Waals surface area contributed by atoms with E-state index in [-0.39, 0.29) is 5.91 Å². The Balaban J connectivity index is 2.04. The van der Waals surface area contributed by atoms with Crippen LogP contribution in [0.3, 0.4) is 0 Å². The molecule has 0 atom stereocenters. The molecule has 0 aliphatic carbocycles. The number of carbonyl (C=O) groups is 1. The van der Waals surface area contributed by atoms with Crippen molar-refractivity contribution >= 4 is 11.7 Å². The summed E-state index contributed by atoms with van der Waals surface area (Å²) in [5, 5.41) is 0. The van der Waals surface area contributed by atoms with Gasteiger partial charge in [-0.1, -0.05) is 0 Å². The normalized spacial score (nSPS) is 13.6. The van der Waals surface area contributed by atoms with Crippen LogP contribution in [0, 0.1) is 6.92 Å². The minimum Gasteiger partial charge on any atom is -0.383 e. The summed E-state index contributed by atoms with van der Waals surface area (Å²) in [4.78, 5) is 26.9. The van der Waals surface area contributed by atoms with Gasteiger partial charge in [-0.05, 0) is 19.1 Å². The standard InChI is InChI=1S/C15H16N4O2/c1-10-12-9-13(20)19(7-8-21-2)15(12)18-14(17-10)11-3-5-16-6-4-11/h3-6H,7-9H2,1-2H3. The lowest BCUT2D eigenvalue weighted by molar-refractivity contribution is -0.117. The van der Waals surface area contributed by atoms with Crippen molar-refractivity contribution in [3.63, 3.8) is 0 Å². The van der Waals surface area contributed by atoms with Gasteiger partial charge in [0.15, 0.2) is 5.82 Å². The highest BCUT2D eigenvalue weighted by Crippen LogP contribution is 2.30. The highest BCUT2D eigenvalue weighted by Gasteiger charge is 2.31. The second-order valence-corrected chi connectivity index (χ2v) is 4.89. The number of hydrogen-bond donors (Lipinski definition) is 0. The van der Waals surface area contributed by atoms with Crippen molar-refractivity contribution in [2.75, 3.05) is 25.2 Å². The van der Waals surface area contributed by atoms with E-state index >= 15 is 0 Å². The topological polar surface area (TPSA) is 68.2 Å². The minimum atomic E-state index is 0.0475. The molecule has 1 amide bonds. The lowest BCUT2D eigenvalue weighted by Crippen LogP contribution is -2.30. The molecule has 0 saturated carbocycles. The Morgan fingerprint density at radius 2 is 2.05 bits per heavy atom. The van der Waals surface area contributed by atoms with Crippen LogP contribution in [0.1, 0.15) is 11.3 Å². The number of aryl methyl sites for hydroxylation is 1. The molecule has 0 radical (unpaired) electrons. The van der Waals surface area contributed by atoms with E-state index in [9.17, 15) is 4.79 Å². The van der Waals surface area contributed by atoms with E-state index in [0.29, 0.717) is 31.2 Å². The summed E-state index contributed by atoms with van der Waals surface area (Å²) in [5.41, 5.74) is 2.65. The fourth-order valence-corrected chi connectivity index (χ4v) is 2.42. The van der Waals surface area contributed by atoms with Crippen LogP contribution >= 0.6 is 0 Å². The Bertz CT molecular complexity index is 673. The first kappa shape index (κ1) is 13.6. The highest BCUT2D eigenvalue weighted by atomic mass is 16.5. The van der Waals surface area contributed by atoms with E-state index in [1.54, 1.807) is 24.4 Å². The number of anilines is 1. The molecule has 3 rings (SSSR count). The number of methoxy groups -OCH3 is 1. The van der Waals surface area contributed by atoms with Crippen molar-refractivity contribution in [3.8, 4) is 11.4 Å².